The van der Waals surface area contributed by atoms with E-state index in [1.165, 1.54) is 48.1 Å². The SMILES string of the molecule is S=C1N[C@H](c2ccccc2)[NH+](C[C@@H]2CCCO2)C2=C1CCCC2. The topological polar surface area (TPSA) is 25.7 Å². The number of benzene rings is 1. The van der Waals surface area contributed by atoms with Crippen molar-refractivity contribution in [2.45, 2.75) is 50.8 Å². The van der Waals surface area contributed by atoms with Crippen molar-refractivity contribution in [3.8, 4) is 0 Å². The van der Waals surface area contributed by atoms with E-state index in [9.17, 15) is 0 Å². The summed E-state index contributed by atoms with van der Waals surface area (Å²) in [7, 11) is 0. The summed E-state index contributed by atoms with van der Waals surface area (Å²) in [6, 6.07) is 10.7. The molecule has 3 aliphatic rings. The standard InChI is InChI=1S/C19H24N2OS/c23-19-16-10-4-5-11-17(16)21(13-15-9-6-12-22-15)18(20-19)14-7-2-1-3-8-14/h1-3,7-8,15,18H,4-6,9-13H2,(H,20,23)/p+1/t15-,18-/m0/s1. The summed E-state index contributed by atoms with van der Waals surface area (Å²) in [5.41, 5.74) is 4.27. The maximum atomic E-state index is 5.94. The van der Waals surface area contributed by atoms with Gasteiger partial charge in [-0.2, -0.15) is 0 Å². The van der Waals surface area contributed by atoms with Gasteiger partial charge in [-0.3, -0.25) is 4.90 Å². The molecule has 0 spiro atoms. The van der Waals surface area contributed by atoms with Gasteiger partial charge in [0.05, 0.1) is 0 Å². The molecule has 0 aromatic heterocycles. The van der Waals surface area contributed by atoms with Gasteiger partial charge in [0.25, 0.3) is 0 Å². The monoisotopic (exact) mass is 329 g/mol. The number of rotatable bonds is 3. The van der Waals surface area contributed by atoms with E-state index in [4.69, 9.17) is 17.0 Å². The van der Waals surface area contributed by atoms with E-state index in [1.54, 1.807) is 5.70 Å². The Kier molecular flexibility index (Phi) is 4.47. The normalized spacial score (nSPS) is 31.0. The van der Waals surface area contributed by atoms with Crippen LogP contribution in [0.25, 0.3) is 0 Å². The molecule has 4 rings (SSSR count). The van der Waals surface area contributed by atoms with Gasteiger partial charge >= 0.3 is 0 Å². The second-order valence-corrected chi connectivity index (χ2v) is 7.25. The predicted octanol–water partition coefficient (Wildman–Crippen LogP) is 2.51. The molecule has 1 aromatic rings. The molecule has 0 radical (unpaired) electrons. The van der Waals surface area contributed by atoms with Crippen LogP contribution in [0.15, 0.2) is 41.6 Å². The molecule has 0 bridgehead atoms. The van der Waals surface area contributed by atoms with Gasteiger partial charge in [0.2, 0.25) is 0 Å². The third-order valence-electron chi connectivity index (χ3n) is 5.36. The lowest BCUT2D eigenvalue weighted by molar-refractivity contribution is -0.903. The molecule has 1 aliphatic carbocycles. The van der Waals surface area contributed by atoms with Crippen LogP contribution >= 0.6 is 12.2 Å². The summed E-state index contributed by atoms with van der Waals surface area (Å²) in [5.74, 6) is 0. The van der Waals surface area contributed by atoms with Gasteiger partial charge in [0, 0.05) is 24.2 Å². The lowest BCUT2D eigenvalue weighted by Gasteiger charge is -2.39. The third kappa shape index (κ3) is 3.08. The van der Waals surface area contributed by atoms with E-state index in [0.29, 0.717) is 6.10 Å². The van der Waals surface area contributed by atoms with Gasteiger partial charge < -0.3 is 10.1 Å². The van der Waals surface area contributed by atoms with Gasteiger partial charge in [0.15, 0.2) is 6.17 Å². The lowest BCUT2D eigenvalue weighted by atomic mass is 9.91. The van der Waals surface area contributed by atoms with E-state index in [-0.39, 0.29) is 6.17 Å². The van der Waals surface area contributed by atoms with Crippen molar-refractivity contribution in [2.24, 2.45) is 0 Å². The molecule has 1 saturated heterocycles. The van der Waals surface area contributed by atoms with Crippen molar-refractivity contribution in [1.82, 2.24) is 5.32 Å². The number of hydrogen-bond donors (Lipinski definition) is 2. The van der Waals surface area contributed by atoms with Crippen molar-refractivity contribution in [3.63, 3.8) is 0 Å². The zero-order valence-electron chi connectivity index (χ0n) is 13.5. The zero-order chi connectivity index (χ0) is 15.6. The van der Waals surface area contributed by atoms with Crippen molar-refractivity contribution >= 4 is 17.2 Å². The summed E-state index contributed by atoms with van der Waals surface area (Å²) in [6.07, 6.45) is 7.89. The molecule has 4 heteroatoms. The Labute approximate surface area is 143 Å². The molecule has 122 valence electrons. The van der Waals surface area contributed by atoms with E-state index in [1.807, 2.05) is 0 Å². The minimum absolute atomic E-state index is 0.227. The van der Waals surface area contributed by atoms with Crippen LogP contribution < -0.4 is 10.2 Å². The van der Waals surface area contributed by atoms with Gasteiger partial charge in [0.1, 0.15) is 23.3 Å². The number of thiocarbonyl (C=S) groups is 1. The van der Waals surface area contributed by atoms with Crippen LogP contribution in [0.2, 0.25) is 0 Å². The second kappa shape index (κ2) is 6.71. The fraction of sp³-hybridized carbons (Fsp3) is 0.526. The predicted molar refractivity (Wildman–Crippen MR) is 95.2 cm³/mol. The molecule has 2 aliphatic heterocycles. The highest BCUT2D eigenvalue weighted by Gasteiger charge is 2.39. The Hall–Kier alpha value is -1.23. The minimum Gasteiger partial charge on any atom is -0.372 e. The number of nitrogens with one attached hydrogen (secondary N) is 2. The summed E-state index contributed by atoms with van der Waals surface area (Å²) in [5, 5.41) is 3.64. The number of ether oxygens (including phenoxy) is 1. The molecule has 0 amide bonds. The zero-order valence-corrected chi connectivity index (χ0v) is 14.3. The van der Waals surface area contributed by atoms with E-state index >= 15 is 0 Å². The second-order valence-electron chi connectivity index (χ2n) is 6.85. The highest BCUT2D eigenvalue weighted by molar-refractivity contribution is 7.80. The largest absolute Gasteiger partial charge is 0.372 e. The fourth-order valence-electron chi connectivity index (χ4n) is 4.21. The average molecular weight is 329 g/mol. The summed E-state index contributed by atoms with van der Waals surface area (Å²) < 4.78 is 5.94. The van der Waals surface area contributed by atoms with Crippen LogP contribution in [-0.4, -0.2) is 24.2 Å². The van der Waals surface area contributed by atoms with Crippen molar-refractivity contribution in [3.05, 3.63) is 47.2 Å². The van der Waals surface area contributed by atoms with E-state index in [2.05, 4.69) is 35.6 Å². The van der Waals surface area contributed by atoms with Crippen LogP contribution in [0.4, 0.5) is 0 Å². The Morgan fingerprint density at radius 3 is 2.74 bits per heavy atom. The summed E-state index contributed by atoms with van der Waals surface area (Å²) >= 11 is 5.70. The molecule has 0 saturated carbocycles. The number of allylic oxidation sites excluding steroid dienone is 1. The van der Waals surface area contributed by atoms with Crippen LogP contribution in [-0.2, 0) is 4.74 Å². The first-order valence-corrected chi connectivity index (χ1v) is 9.29. The Morgan fingerprint density at radius 2 is 1.96 bits per heavy atom. The van der Waals surface area contributed by atoms with Crippen LogP contribution in [0, 0.1) is 0 Å². The van der Waals surface area contributed by atoms with Crippen LogP contribution in [0.1, 0.15) is 50.3 Å². The molecule has 1 aromatic carbocycles. The van der Waals surface area contributed by atoms with Crippen LogP contribution in [0.5, 0.6) is 0 Å². The molecule has 2 heterocycles. The number of hydrogen-bond acceptors (Lipinski definition) is 2. The maximum Gasteiger partial charge on any atom is 0.192 e. The van der Waals surface area contributed by atoms with Crippen molar-refractivity contribution < 1.29 is 9.64 Å². The average Bonchev–Trinajstić information content (AvgIpc) is 3.11. The molecule has 2 N–H and O–H groups in total. The molecule has 1 unspecified atom stereocenters. The fourth-order valence-corrected chi connectivity index (χ4v) is 4.55. The van der Waals surface area contributed by atoms with Crippen molar-refractivity contribution in [1.29, 1.82) is 0 Å². The van der Waals surface area contributed by atoms with E-state index < -0.39 is 0 Å². The first-order valence-electron chi connectivity index (χ1n) is 8.88. The van der Waals surface area contributed by atoms with Crippen LogP contribution in [0.3, 0.4) is 0 Å². The molecule has 3 nitrogen and oxygen atoms in total. The Morgan fingerprint density at radius 1 is 1.13 bits per heavy atom. The van der Waals surface area contributed by atoms with Crippen molar-refractivity contribution in [2.75, 3.05) is 13.2 Å². The smallest absolute Gasteiger partial charge is 0.192 e. The van der Waals surface area contributed by atoms with Gasteiger partial charge in [-0.15, -0.1) is 0 Å². The van der Waals surface area contributed by atoms with Gasteiger partial charge in [-0.1, -0.05) is 42.5 Å². The molecule has 23 heavy (non-hydrogen) atoms. The first-order chi connectivity index (χ1) is 11.3. The molecular weight excluding hydrogens is 304 g/mol. The van der Waals surface area contributed by atoms with Gasteiger partial charge in [-0.05, 0) is 32.1 Å². The third-order valence-corrected chi connectivity index (χ3v) is 5.72. The highest BCUT2D eigenvalue weighted by Crippen LogP contribution is 2.27. The number of quaternary nitrogens is 1. The quantitative estimate of drug-likeness (QED) is 0.834. The molecule has 3 atom stereocenters. The molecule has 1 fully saturated rings. The van der Waals surface area contributed by atoms with E-state index in [0.717, 1.165) is 24.6 Å². The Balaban J connectivity index is 1.69. The Bertz CT molecular complexity index is 607. The molecular formula is C19H25N2OS+. The lowest BCUT2D eigenvalue weighted by Crippen LogP contribution is -3.14. The minimum atomic E-state index is 0.227. The highest BCUT2D eigenvalue weighted by atomic mass is 32.1. The first kappa shape index (κ1) is 15.3. The summed E-state index contributed by atoms with van der Waals surface area (Å²) in [6.45, 7) is 1.97. The van der Waals surface area contributed by atoms with Gasteiger partial charge in [-0.25, -0.2) is 0 Å². The maximum absolute atomic E-state index is 5.94. The summed E-state index contributed by atoms with van der Waals surface area (Å²) in [4.78, 5) is 2.51.